The van der Waals surface area contributed by atoms with Crippen LogP contribution in [0.25, 0.3) is 0 Å². The van der Waals surface area contributed by atoms with Gasteiger partial charge in [0.05, 0.1) is 13.0 Å². The second-order valence-electron chi connectivity index (χ2n) is 5.26. The third kappa shape index (κ3) is 0.836. The molecule has 0 aromatic heterocycles. The van der Waals surface area contributed by atoms with Gasteiger partial charge in [-0.1, -0.05) is 0 Å². The number of ether oxygens (including phenoxy) is 4. The fraction of sp³-hybridized carbons (Fsp3) is 0.909. The summed E-state index contributed by atoms with van der Waals surface area (Å²) in [6, 6.07) is 0. The van der Waals surface area contributed by atoms with Gasteiger partial charge in [0.2, 0.25) is 0 Å². The second kappa shape index (κ2) is 2.60. The van der Waals surface area contributed by atoms with Crippen LogP contribution in [0.3, 0.4) is 0 Å². The molecule has 0 N–H and O–H groups in total. The first kappa shape index (κ1) is 9.39. The van der Waals surface area contributed by atoms with Crippen LogP contribution in [-0.4, -0.2) is 31.4 Å². The van der Waals surface area contributed by atoms with Crippen molar-refractivity contribution in [2.45, 2.75) is 31.7 Å². The van der Waals surface area contributed by atoms with E-state index in [1.165, 1.54) is 7.11 Å². The molecule has 16 heavy (non-hydrogen) atoms. The summed E-state index contributed by atoms with van der Waals surface area (Å²) in [4.78, 5) is 11.9. The van der Waals surface area contributed by atoms with E-state index in [4.69, 9.17) is 18.9 Å². The lowest BCUT2D eigenvalue weighted by molar-refractivity contribution is -0.440. The molecule has 1 aliphatic carbocycles. The minimum Gasteiger partial charge on any atom is -0.469 e. The van der Waals surface area contributed by atoms with Crippen molar-refractivity contribution in [1.82, 2.24) is 0 Å². The lowest BCUT2D eigenvalue weighted by Gasteiger charge is -2.47. The molecule has 5 heteroatoms. The topological polar surface area (TPSA) is 54.0 Å². The fourth-order valence-electron chi connectivity index (χ4n) is 4.08. The van der Waals surface area contributed by atoms with Crippen LogP contribution in [0.5, 0.6) is 0 Å². The molecule has 0 unspecified atom stereocenters. The quantitative estimate of drug-likeness (QED) is 0.609. The zero-order valence-corrected chi connectivity index (χ0v) is 9.21. The minimum atomic E-state index is -0.649. The summed E-state index contributed by atoms with van der Waals surface area (Å²) in [6.07, 6.45) is 0.484. The first-order valence-corrected chi connectivity index (χ1v) is 5.73. The molecule has 4 aliphatic heterocycles. The monoisotopic (exact) mass is 226 g/mol. The van der Waals surface area contributed by atoms with E-state index < -0.39 is 5.79 Å². The Hall–Kier alpha value is -0.650. The molecular formula is C11H14O5. The molecule has 5 rings (SSSR count). The number of rotatable bonds is 1. The van der Waals surface area contributed by atoms with Gasteiger partial charge in [-0.25, -0.2) is 0 Å². The highest BCUT2D eigenvalue weighted by molar-refractivity contribution is 5.74. The van der Waals surface area contributed by atoms with Crippen LogP contribution in [0.2, 0.25) is 0 Å². The third-order valence-electron chi connectivity index (χ3n) is 4.60. The highest BCUT2D eigenvalue weighted by atomic mass is 16.9. The van der Waals surface area contributed by atoms with Gasteiger partial charge in [-0.15, -0.1) is 0 Å². The molecule has 0 amide bonds. The number of hydrogen-bond acceptors (Lipinski definition) is 5. The minimum absolute atomic E-state index is 0.0914. The molecule has 5 aliphatic rings. The molecule has 0 aromatic carbocycles. The summed E-state index contributed by atoms with van der Waals surface area (Å²) >= 11 is 0. The molecule has 0 aromatic rings. The van der Waals surface area contributed by atoms with E-state index in [0.29, 0.717) is 0 Å². The number of hydrogen-bond donors (Lipinski definition) is 0. The molecular weight excluding hydrogens is 212 g/mol. The number of carbonyl (C=O) groups is 1. The maximum Gasteiger partial charge on any atom is 0.309 e. The van der Waals surface area contributed by atoms with Gasteiger partial charge in [-0.05, 0) is 13.3 Å². The average molecular weight is 226 g/mol. The summed E-state index contributed by atoms with van der Waals surface area (Å²) in [6.45, 7) is 1.91. The second-order valence-corrected chi connectivity index (χ2v) is 5.26. The summed E-state index contributed by atoms with van der Waals surface area (Å²) in [5, 5.41) is 0. The molecule has 88 valence electrons. The molecule has 7 atom stereocenters. The molecule has 0 spiro atoms. The van der Waals surface area contributed by atoms with E-state index in [1.54, 1.807) is 0 Å². The van der Waals surface area contributed by atoms with Crippen LogP contribution in [0.4, 0.5) is 0 Å². The first-order valence-electron chi connectivity index (χ1n) is 5.73. The molecule has 1 saturated carbocycles. The van der Waals surface area contributed by atoms with Crippen molar-refractivity contribution in [3.8, 4) is 0 Å². The Morgan fingerprint density at radius 2 is 2.00 bits per heavy atom. The summed E-state index contributed by atoms with van der Waals surface area (Å²) in [7, 11) is 1.44. The Morgan fingerprint density at radius 3 is 2.69 bits per heavy atom. The number of carbonyl (C=O) groups excluding carboxylic acids is 1. The van der Waals surface area contributed by atoms with Gasteiger partial charge >= 0.3 is 5.97 Å². The van der Waals surface area contributed by atoms with Crippen molar-refractivity contribution in [2.24, 2.45) is 23.7 Å². The van der Waals surface area contributed by atoms with Crippen molar-refractivity contribution in [3.63, 3.8) is 0 Å². The van der Waals surface area contributed by atoms with Gasteiger partial charge in [0.25, 0.3) is 0 Å². The van der Waals surface area contributed by atoms with E-state index in [9.17, 15) is 4.79 Å². The first-order chi connectivity index (χ1) is 7.64. The molecule has 0 radical (unpaired) electrons. The highest BCUT2D eigenvalue weighted by Gasteiger charge is 2.73. The number of esters is 1. The van der Waals surface area contributed by atoms with E-state index >= 15 is 0 Å². The lowest BCUT2D eigenvalue weighted by Crippen LogP contribution is -2.56. The van der Waals surface area contributed by atoms with E-state index in [-0.39, 0.29) is 42.2 Å². The van der Waals surface area contributed by atoms with Crippen LogP contribution in [-0.2, 0) is 23.7 Å². The van der Waals surface area contributed by atoms with Crippen molar-refractivity contribution in [2.75, 3.05) is 7.11 Å². The maximum atomic E-state index is 11.9. The highest BCUT2D eigenvalue weighted by Crippen LogP contribution is 2.65. The molecule has 4 heterocycles. The molecule has 5 fully saturated rings. The smallest absolute Gasteiger partial charge is 0.309 e. The van der Waals surface area contributed by atoms with Crippen molar-refractivity contribution < 1.29 is 23.7 Å². The fourth-order valence-corrected chi connectivity index (χ4v) is 4.08. The molecule has 5 nitrogen and oxygen atoms in total. The Kier molecular flexibility index (Phi) is 1.53. The van der Waals surface area contributed by atoms with Gasteiger partial charge in [0.1, 0.15) is 0 Å². The predicted octanol–water partition coefficient (Wildman–Crippen LogP) is 0.487. The van der Waals surface area contributed by atoms with Crippen LogP contribution >= 0.6 is 0 Å². The van der Waals surface area contributed by atoms with Crippen molar-refractivity contribution >= 4 is 5.97 Å². The molecule has 6 bridgehead atoms. The molecule has 4 saturated heterocycles. The standard InChI is InChI=1S/C11H14O5/c1-11-7-5-3-4(6(7)8(12)13-2)9(15-11)14-10(5)16-11/h4-7,9-10H,3H2,1-2H3/t4-,5+,6-,7+,9+,10-,11+/m0/s1. The zero-order valence-electron chi connectivity index (χ0n) is 9.21. The normalized spacial score (nSPS) is 60.6. The summed E-state index contributed by atoms with van der Waals surface area (Å²) in [5.41, 5.74) is 0. The maximum absolute atomic E-state index is 11.9. The Labute approximate surface area is 93.0 Å². The summed E-state index contributed by atoms with van der Waals surface area (Å²) < 4.78 is 22.1. The van der Waals surface area contributed by atoms with Gasteiger partial charge in [0.15, 0.2) is 18.4 Å². The van der Waals surface area contributed by atoms with Crippen LogP contribution < -0.4 is 0 Å². The van der Waals surface area contributed by atoms with Gasteiger partial charge in [-0.2, -0.15) is 0 Å². The van der Waals surface area contributed by atoms with Gasteiger partial charge < -0.3 is 18.9 Å². The van der Waals surface area contributed by atoms with Gasteiger partial charge in [-0.3, -0.25) is 4.79 Å². The SMILES string of the molecule is COC(=O)[C@H]1[C@@H]2C[C@H]3[C@H]4O[C@@H]2O[C@](C)(O4)[C@H]31. The largest absolute Gasteiger partial charge is 0.469 e. The van der Waals surface area contributed by atoms with Crippen molar-refractivity contribution in [3.05, 3.63) is 0 Å². The van der Waals surface area contributed by atoms with Crippen LogP contribution in [0.15, 0.2) is 0 Å². The third-order valence-corrected chi connectivity index (χ3v) is 4.60. The Balaban J connectivity index is 1.81. The van der Waals surface area contributed by atoms with Crippen LogP contribution in [0, 0.1) is 23.7 Å². The van der Waals surface area contributed by atoms with E-state index in [0.717, 1.165) is 6.42 Å². The number of methoxy groups -OCH3 is 1. The summed E-state index contributed by atoms with van der Waals surface area (Å²) in [5.74, 6) is -0.385. The predicted molar refractivity (Wildman–Crippen MR) is 49.8 cm³/mol. The lowest BCUT2D eigenvalue weighted by atomic mass is 9.81. The van der Waals surface area contributed by atoms with E-state index in [2.05, 4.69) is 0 Å². The van der Waals surface area contributed by atoms with Crippen molar-refractivity contribution in [1.29, 1.82) is 0 Å². The average Bonchev–Trinajstić information content (AvgIpc) is 2.68. The van der Waals surface area contributed by atoms with Crippen LogP contribution in [0.1, 0.15) is 13.3 Å². The Morgan fingerprint density at radius 1 is 1.31 bits per heavy atom. The van der Waals surface area contributed by atoms with E-state index in [1.807, 2.05) is 6.92 Å². The van der Waals surface area contributed by atoms with Gasteiger partial charge in [0, 0.05) is 17.8 Å². The Bertz CT molecular complexity index is 369. The zero-order chi connectivity index (χ0) is 11.1.